The van der Waals surface area contributed by atoms with E-state index in [4.69, 9.17) is 4.74 Å². The number of nitrogens with zero attached hydrogens (tertiary/aromatic N) is 1. The van der Waals surface area contributed by atoms with Gasteiger partial charge in [-0.05, 0) is 30.7 Å². The molecule has 1 aromatic carbocycles. The number of alkyl halides is 3. The number of anilines is 1. The largest absolute Gasteiger partial charge is 0.497 e. The lowest BCUT2D eigenvalue weighted by Crippen LogP contribution is -2.39. The number of ether oxygens (including phenoxy) is 1. The Labute approximate surface area is 109 Å². The fraction of sp³-hybridized carbons (Fsp3) is 0.462. The number of benzene rings is 1. The molecule has 2 rings (SSSR count). The molecule has 0 fully saturated rings. The van der Waals surface area contributed by atoms with Crippen LogP contribution < -0.4 is 9.64 Å². The third kappa shape index (κ3) is 2.15. The summed E-state index contributed by atoms with van der Waals surface area (Å²) in [6.07, 6.45) is -5.58. The first-order valence-electron chi connectivity index (χ1n) is 5.72. The van der Waals surface area contributed by atoms with Crippen molar-refractivity contribution in [3.05, 3.63) is 23.8 Å². The topological polar surface area (TPSA) is 29.5 Å². The Morgan fingerprint density at radius 2 is 2.00 bits per heavy atom. The van der Waals surface area contributed by atoms with Gasteiger partial charge in [0.1, 0.15) is 5.75 Å². The number of hydrogen-bond acceptors (Lipinski definition) is 2. The van der Waals surface area contributed by atoms with E-state index in [1.54, 1.807) is 12.1 Å². The molecule has 0 saturated carbocycles. The molecule has 3 nitrogen and oxygen atoms in total. The van der Waals surface area contributed by atoms with Crippen molar-refractivity contribution in [2.45, 2.75) is 24.9 Å². The quantitative estimate of drug-likeness (QED) is 0.829. The van der Waals surface area contributed by atoms with Crippen LogP contribution in [0, 0.1) is 0 Å². The van der Waals surface area contributed by atoms with Gasteiger partial charge in [0.15, 0.2) is 0 Å². The maximum absolute atomic E-state index is 12.7. The summed E-state index contributed by atoms with van der Waals surface area (Å²) in [6.45, 7) is 1.32. The van der Waals surface area contributed by atoms with Crippen molar-refractivity contribution in [3.8, 4) is 5.75 Å². The van der Waals surface area contributed by atoms with Crippen LogP contribution in [-0.2, 0) is 10.2 Å². The number of carbonyl (C=O) groups excluding carboxylic acids is 1. The lowest BCUT2D eigenvalue weighted by atomic mass is 9.80. The van der Waals surface area contributed by atoms with E-state index in [9.17, 15) is 18.0 Å². The van der Waals surface area contributed by atoms with Gasteiger partial charge in [0, 0.05) is 12.7 Å². The number of methoxy groups -OCH3 is 1. The van der Waals surface area contributed by atoms with Gasteiger partial charge >= 0.3 is 6.18 Å². The molecule has 0 aromatic heterocycles. The number of amides is 1. The van der Waals surface area contributed by atoms with Crippen molar-refractivity contribution in [3.63, 3.8) is 0 Å². The van der Waals surface area contributed by atoms with E-state index in [2.05, 4.69) is 0 Å². The second-order valence-electron chi connectivity index (χ2n) is 4.87. The Hall–Kier alpha value is -1.72. The molecule has 1 atom stereocenters. The molecule has 104 valence electrons. The Bertz CT molecular complexity index is 527. The third-order valence-corrected chi connectivity index (χ3v) is 3.49. The van der Waals surface area contributed by atoms with Gasteiger partial charge in [-0.1, -0.05) is 0 Å². The van der Waals surface area contributed by atoms with Crippen molar-refractivity contribution >= 4 is 11.6 Å². The van der Waals surface area contributed by atoms with Crippen molar-refractivity contribution < 1.29 is 22.7 Å². The Morgan fingerprint density at radius 1 is 1.37 bits per heavy atom. The summed E-state index contributed by atoms with van der Waals surface area (Å²) < 4.78 is 43.2. The van der Waals surface area contributed by atoms with E-state index >= 15 is 0 Å². The first kappa shape index (κ1) is 13.7. The molecule has 1 amide bonds. The third-order valence-electron chi connectivity index (χ3n) is 3.49. The van der Waals surface area contributed by atoms with Crippen LogP contribution in [0.2, 0.25) is 0 Å². The first-order valence-corrected chi connectivity index (χ1v) is 5.72. The summed E-state index contributed by atoms with van der Waals surface area (Å²) in [7, 11) is 2.92. The highest BCUT2D eigenvalue weighted by Crippen LogP contribution is 2.47. The second kappa shape index (κ2) is 4.15. The Morgan fingerprint density at radius 3 is 2.53 bits per heavy atom. The highest BCUT2D eigenvalue weighted by Gasteiger charge is 2.52. The fourth-order valence-electron chi connectivity index (χ4n) is 2.54. The van der Waals surface area contributed by atoms with E-state index in [1.165, 1.54) is 32.0 Å². The lowest BCUT2D eigenvalue weighted by molar-refractivity contribution is -0.154. The summed E-state index contributed by atoms with van der Waals surface area (Å²) >= 11 is 0. The molecule has 0 radical (unpaired) electrons. The minimum atomic E-state index is -4.41. The number of halogens is 3. The lowest BCUT2D eigenvalue weighted by Gasteiger charge is -2.24. The zero-order chi connectivity index (χ0) is 14.4. The van der Waals surface area contributed by atoms with Crippen LogP contribution in [0.25, 0.3) is 0 Å². The van der Waals surface area contributed by atoms with Crippen LogP contribution in [0.1, 0.15) is 18.9 Å². The predicted molar refractivity (Wildman–Crippen MR) is 64.4 cm³/mol. The van der Waals surface area contributed by atoms with E-state index in [0.29, 0.717) is 17.0 Å². The van der Waals surface area contributed by atoms with Crippen molar-refractivity contribution in [1.82, 2.24) is 0 Å². The highest BCUT2D eigenvalue weighted by molar-refractivity contribution is 6.07. The second-order valence-corrected chi connectivity index (χ2v) is 4.87. The molecule has 1 aliphatic heterocycles. The number of rotatable bonds is 2. The molecule has 0 bridgehead atoms. The maximum atomic E-state index is 12.7. The van der Waals surface area contributed by atoms with E-state index in [-0.39, 0.29) is 0 Å². The van der Waals surface area contributed by atoms with Crippen LogP contribution in [0.5, 0.6) is 5.75 Å². The van der Waals surface area contributed by atoms with Crippen molar-refractivity contribution in [1.29, 1.82) is 0 Å². The Balaban J connectivity index is 2.56. The maximum Gasteiger partial charge on any atom is 0.390 e. The average molecular weight is 273 g/mol. The van der Waals surface area contributed by atoms with Gasteiger partial charge in [0.05, 0.1) is 18.9 Å². The zero-order valence-corrected chi connectivity index (χ0v) is 10.8. The normalized spacial score (nSPS) is 22.6. The van der Waals surface area contributed by atoms with Gasteiger partial charge < -0.3 is 9.64 Å². The highest BCUT2D eigenvalue weighted by atomic mass is 19.4. The van der Waals surface area contributed by atoms with Gasteiger partial charge in [-0.15, -0.1) is 0 Å². The molecule has 0 N–H and O–H groups in total. The first-order chi connectivity index (χ1) is 8.69. The van der Waals surface area contributed by atoms with Gasteiger partial charge in [0.25, 0.3) is 0 Å². The molecule has 19 heavy (non-hydrogen) atoms. The van der Waals surface area contributed by atoms with E-state index in [0.717, 1.165) is 0 Å². The van der Waals surface area contributed by atoms with E-state index in [1.807, 2.05) is 0 Å². The fourth-order valence-corrected chi connectivity index (χ4v) is 2.54. The summed E-state index contributed by atoms with van der Waals surface area (Å²) in [4.78, 5) is 13.4. The Kier molecular flexibility index (Phi) is 2.99. The predicted octanol–water partition coefficient (Wildman–Crippen LogP) is 2.88. The van der Waals surface area contributed by atoms with Crippen molar-refractivity contribution in [2.75, 3.05) is 19.1 Å². The number of fused-ring (bicyclic) bond motifs is 1. The van der Waals surface area contributed by atoms with Gasteiger partial charge in [-0.3, -0.25) is 4.79 Å². The minimum Gasteiger partial charge on any atom is -0.497 e. The molecule has 1 aliphatic rings. The van der Waals surface area contributed by atoms with E-state index < -0.39 is 23.9 Å². The number of hydrogen-bond donors (Lipinski definition) is 0. The van der Waals surface area contributed by atoms with Gasteiger partial charge in [-0.25, -0.2) is 0 Å². The van der Waals surface area contributed by atoms with Crippen LogP contribution in [0.3, 0.4) is 0 Å². The molecular formula is C13H14F3NO2. The molecule has 0 unspecified atom stereocenters. The number of carbonyl (C=O) groups is 1. The molecule has 0 spiro atoms. The van der Waals surface area contributed by atoms with Gasteiger partial charge in [0.2, 0.25) is 5.91 Å². The monoisotopic (exact) mass is 273 g/mol. The smallest absolute Gasteiger partial charge is 0.390 e. The zero-order valence-electron chi connectivity index (χ0n) is 10.8. The molecular weight excluding hydrogens is 259 g/mol. The van der Waals surface area contributed by atoms with Crippen LogP contribution >= 0.6 is 0 Å². The van der Waals surface area contributed by atoms with Crippen LogP contribution in [0.4, 0.5) is 18.9 Å². The minimum absolute atomic E-state index is 0.358. The molecule has 1 aromatic rings. The molecule has 0 aliphatic carbocycles. The van der Waals surface area contributed by atoms with Crippen LogP contribution in [-0.4, -0.2) is 26.2 Å². The summed E-state index contributed by atoms with van der Waals surface area (Å²) in [5, 5.41) is 0. The standard InChI is InChI=1S/C13H14F3NO2/c1-12(7-13(14,15)16)9-6-8(19-3)4-5-10(9)17(2)11(12)18/h4-6H,7H2,1-3H3/t12-/m0/s1. The van der Waals surface area contributed by atoms with Crippen molar-refractivity contribution in [2.24, 2.45) is 0 Å². The SMILES string of the molecule is COc1ccc2c(c1)[C@](C)(CC(F)(F)F)C(=O)N2C. The van der Waals surface area contributed by atoms with Crippen LogP contribution in [0.15, 0.2) is 18.2 Å². The van der Waals surface area contributed by atoms with Gasteiger partial charge in [-0.2, -0.15) is 13.2 Å². The average Bonchev–Trinajstić information content (AvgIpc) is 2.49. The molecule has 1 heterocycles. The summed E-state index contributed by atoms with van der Waals surface area (Å²) in [6, 6.07) is 4.73. The summed E-state index contributed by atoms with van der Waals surface area (Å²) in [5.41, 5.74) is -0.731. The molecule has 0 saturated heterocycles. The molecule has 6 heteroatoms. The number of likely N-dealkylation sites (N-methyl/N-ethyl adjacent to an activating group) is 1. The summed E-state index contributed by atoms with van der Waals surface area (Å²) in [5.74, 6) is -0.108.